The quantitative estimate of drug-likeness (QED) is 0.351. The molecule has 13 heavy (non-hydrogen) atoms. The summed E-state index contributed by atoms with van der Waals surface area (Å²) in [6.45, 7) is -0.112. The summed E-state index contributed by atoms with van der Waals surface area (Å²) in [5, 5.41) is 19.2. The molecule has 1 rings (SSSR count). The van der Waals surface area contributed by atoms with Crippen LogP contribution in [0.25, 0.3) is 0 Å². The van der Waals surface area contributed by atoms with Crippen molar-refractivity contribution in [3.8, 4) is 0 Å². The van der Waals surface area contributed by atoms with Gasteiger partial charge in [-0.25, -0.2) is 0 Å². The molecule has 1 aliphatic heterocycles. The Labute approximate surface area is 88.1 Å². The molecular weight excluding hydrogens is 231 g/mol. The number of carbonyl (C=O) groups is 3. The minimum Gasteiger partial charge on any atom is -0.554 e. The summed E-state index contributed by atoms with van der Waals surface area (Å²) < 4.78 is 0. The van der Waals surface area contributed by atoms with Gasteiger partial charge in [0.25, 0.3) is 0 Å². The van der Waals surface area contributed by atoms with Gasteiger partial charge in [0.2, 0.25) is 5.91 Å². The van der Waals surface area contributed by atoms with Crippen LogP contribution in [0.15, 0.2) is 0 Å². The maximum absolute atomic E-state index is 10.1. The van der Waals surface area contributed by atoms with Crippen molar-refractivity contribution in [3.05, 3.63) is 0 Å². The first kappa shape index (κ1) is 18.0. The van der Waals surface area contributed by atoms with E-state index in [4.69, 9.17) is 19.8 Å². The van der Waals surface area contributed by atoms with E-state index in [1.807, 2.05) is 0 Å². The van der Waals surface area contributed by atoms with Gasteiger partial charge in [-0.3, -0.25) is 4.79 Å². The smallest absolute Gasteiger partial charge is 0.554 e. The molecule has 1 saturated heterocycles. The Balaban J connectivity index is -0.000000126. The predicted octanol–water partition coefficient (Wildman–Crippen LogP) is -3.37. The fraction of sp³-hybridized carbons (Fsp3) is 0.500. The van der Waals surface area contributed by atoms with Gasteiger partial charge < -0.3 is 25.1 Å². The molecule has 0 atom stereocenters. The zero-order valence-corrected chi connectivity index (χ0v) is 9.99. The van der Waals surface area contributed by atoms with Gasteiger partial charge in [0.1, 0.15) is 0 Å². The number of hydrogen-bond acceptors (Lipinski definition) is 5. The molecule has 1 aliphatic rings. The van der Waals surface area contributed by atoms with Gasteiger partial charge in [-0.1, -0.05) is 0 Å². The summed E-state index contributed by atoms with van der Waals surface area (Å²) in [6, 6.07) is 0. The van der Waals surface area contributed by atoms with E-state index >= 15 is 0 Å². The third kappa shape index (κ3) is 24.7. The molecule has 0 bridgehead atoms. The van der Waals surface area contributed by atoms with E-state index in [-0.39, 0.29) is 25.4 Å². The molecule has 1 heterocycles. The van der Waals surface area contributed by atoms with Crippen LogP contribution in [0.1, 0.15) is 12.8 Å². The largest absolute Gasteiger partial charge is 2.00 e. The van der Waals surface area contributed by atoms with Crippen LogP contribution >= 0.6 is 0 Å². The Morgan fingerprint density at radius 3 is 1.69 bits per heavy atom. The van der Waals surface area contributed by atoms with Crippen molar-refractivity contribution in [2.24, 2.45) is 0 Å². The molecule has 0 aromatic carbocycles. The average Bonchev–Trinajstić information content (AvgIpc) is 2.43. The fourth-order valence-electron chi connectivity index (χ4n) is 0.565. The van der Waals surface area contributed by atoms with Crippen molar-refractivity contribution >= 4 is 18.9 Å². The molecule has 1 N–H and O–H groups in total. The molecule has 6 nitrogen and oxygen atoms in total. The summed E-state index contributed by atoms with van der Waals surface area (Å²) in [4.78, 5) is 26.6. The molecular formula is C6H9NO5Zn. The summed E-state index contributed by atoms with van der Waals surface area (Å²) in [7, 11) is 0. The fourth-order valence-corrected chi connectivity index (χ4v) is 0.565. The van der Waals surface area contributed by atoms with Crippen LogP contribution in [-0.4, -0.2) is 25.4 Å². The maximum atomic E-state index is 10.1. The van der Waals surface area contributed by atoms with E-state index in [2.05, 4.69) is 5.32 Å². The van der Waals surface area contributed by atoms with E-state index in [1.165, 1.54) is 0 Å². The van der Waals surface area contributed by atoms with Crippen LogP contribution < -0.4 is 15.5 Å². The molecule has 1 amide bonds. The van der Waals surface area contributed by atoms with Gasteiger partial charge in [-0.05, 0) is 6.42 Å². The molecule has 0 aromatic rings. The van der Waals surface area contributed by atoms with Crippen molar-refractivity contribution in [2.45, 2.75) is 12.8 Å². The first-order valence-corrected chi connectivity index (χ1v) is 3.10. The number of amides is 1. The van der Waals surface area contributed by atoms with Crippen molar-refractivity contribution < 1.29 is 44.1 Å². The maximum Gasteiger partial charge on any atom is 2.00 e. The standard InChI is InChI=1S/C4H7NO.2CH2O2.Zn/c6-4-2-1-3-5-4;2*2-1-3;/h1-3H2,(H,5,6);2*1H,(H,2,3);/q;;;+2/p-2. The van der Waals surface area contributed by atoms with Gasteiger partial charge in [-0.2, -0.15) is 0 Å². The molecule has 0 aliphatic carbocycles. The first-order valence-electron chi connectivity index (χ1n) is 3.10. The molecule has 0 spiro atoms. The van der Waals surface area contributed by atoms with Crippen LogP contribution in [0, 0.1) is 0 Å². The Kier molecular flexibility index (Phi) is 23.8. The van der Waals surface area contributed by atoms with Gasteiger partial charge in [0.05, 0.1) is 0 Å². The third-order valence-electron chi connectivity index (χ3n) is 0.903. The molecule has 0 aromatic heterocycles. The van der Waals surface area contributed by atoms with Gasteiger partial charge in [-0.15, -0.1) is 0 Å². The van der Waals surface area contributed by atoms with Gasteiger partial charge in [0, 0.05) is 25.9 Å². The van der Waals surface area contributed by atoms with Crippen LogP contribution in [0.2, 0.25) is 0 Å². The average molecular weight is 241 g/mol. The van der Waals surface area contributed by atoms with Crippen molar-refractivity contribution in [2.75, 3.05) is 6.54 Å². The second kappa shape index (κ2) is 17.2. The third-order valence-corrected chi connectivity index (χ3v) is 0.903. The Hall–Kier alpha value is -0.967. The van der Waals surface area contributed by atoms with E-state index in [1.54, 1.807) is 0 Å². The zero-order valence-electron chi connectivity index (χ0n) is 7.02. The zero-order chi connectivity index (χ0) is 9.82. The topological polar surface area (TPSA) is 109 Å². The van der Waals surface area contributed by atoms with Crippen molar-refractivity contribution in [3.63, 3.8) is 0 Å². The monoisotopic (exact) mass is 239 g/mol. The second-order valence-electron chi connectivity index (χ2n) is 1.65. The number of hydrogen-bond donors (Lipinski definition) is 1. The minimum atomic E-state index is -0.500. The SMILES string of the molecule is O=C1CCCN1.O=C[O-].O=C[O-].[Zn+2]. The van der Waals surface area contributed by atoms with Gasteiger partial charge in [0.15, 0.2) is 0 Å². The van der Waals surface area contributed by atoms with Crippen LogP contribution in [0.5, 0.6) is 0 Å². The Morgan fingerprint density at radius 2 is 1.62 bits per heavy atom. The normalized spacial score (nSPS) is 11.5. The molecule has 7 heteroatoms. The van der Waals surface area contributed by atoms with Crippen molar-refractivity contribution in [1.29, 1.82) is 0 Å². The molecule has 0 saturated carbocycles. The van der Waals surface area contributed by atoms with E-state index in [0.29, 0.717) is 0 Å². The molecule has 70 valence electrons. The van der Waals surface area contributed by atoms with E-state index in [9.17, 15) is 4.79 Å². The van der Waals surface area contributed by atoms with Crippen molar-refractivity contribution in [1.82, 2.24) is 5.32 Å². The first-order chi connectivity index (χ1) is 5.72. The Morgan fingerprint density at radius 1 is 1.23 bits per heavy atom. The molecule has 0 radical (unpaired) electrons. The van der Waals surface area contributed by atoms with Gasteiger partial charge >= 0.3 is 19.5 Å². The summed E-state index contributed by atoms with van der Waals surface area (Å²) in [5.74, 6) is 0.204. The minimum absolute atomic E-state index is 0. The van der Waals surface area contributed by atoms with Crippen LogP contribution in [-0.2, 0) is 33.9 Å². The Bertz CT molecular complexity index is 127. The van der Waals surface area contributed by atoms with E-state index < -0.39 is 12.9 Å². The number of carbonyl (C=O) groups excluding carboxylic acids is 3. The summed E-state index contributed by atoms with van der Waals surface area (Å²) in [6.07, 6.45) is 1.76. The number of carboxylic acid groups (broad SMARTS) is 2. The summed E-state index contributed by atoms with van der Waals surface area (Å²) >= 11 is 0. The summed E-state index contributed by atoms with van der Waals surface area (Å²) in [5.41, 5.74) is 0. The van der Waals surface area contributed by atoms with E-state index in [0.717, 1.165) is 19.4 Å². The molecule has 1 fully saturated rings. The van der Waals surface area contributed by atoms with Crippen LogP contribution in [0.3, 0.4) is 0 Å². The van der Waals surface area contributed by atoms with Crippen LogP contribution in [0.4, 0.5) is 0 Å². The predicted molar refractivity (Wildman–Crippen MR) is 34.4 cm³/mol. The number of rotatable bonds is 0. The second-order valence-corrected chi connectivity index (χ2v) is 1.65. The number of nitrogens with one attached hydrogen (secondary N) is 1. The molecule has 0 unspecified atom stereocenters.